The molecule has 0 bridgehead atoms. The molecule has 0 aliphatic carbocycles. The first-order chi connectivity index (χ1) is 7.16. The van der Waals surface area contributed by atoms with Crippen molar-refractivity contribution in [2.75, 3.05) is 18.5 Å². The maximum absolute atomic E-state index is 5.50. The van der Waals surface area contributed by atoms with Gasteiger partial charge in [-0.3, -0.25) is 0 Å². The van der Waals surface area contributed by atoms with Crippen LogP contribution < -0.4 is 14.8 Å². The average Bonchev–Trinajstić information content (AvgIpc) is 2.16. The van der Waals surface area contributed by atoms with Crippen LogP contribution in [0, 0.1) is 6.92 Å². The van der Waals surface area contributed by atoms with E-state index in [2.05, 4.69) is 15.3 Å². The van der Waals surface area contributed by atoms with Crippen molar-refractivity contribution in [1.82, 2.24) is 9.97 Å². The largest absolute Gasteiger partial charge is 0.482 e. The molecule has 1 aliphatic heterocycles. The molecule has 0 saturated carbocycles. The minimum Gasteiger partial charge on any atom is -0.482 e. The van der Waals surface area contributed by atoms with Crippen LogP contribution in [0.5, 0.6) is 11.6 Å². The predicted molar refractivity (Wildman–Crippen MR) is 56.5 cm³/mol. The third-order valence-corrected chi connectivity index (χ3v) is 1.94. The Morgan fingerprint density at radius 3 is 2.67 bits per heavy atom. The molecular formula is C10H15N3O2. The Labute approximate surface area is 88.8 Å². The third-order valence-electron chi connectivity index (χ3n) is 1.94. The van der Waals surface area contributed by atoms with Crippen LogP contribution in [0.4, 0.5) is 5.82 Å². The maximum Gasteiger partial charge on any atom is 0.262 e. The van der Waals surface area contributed by atoms with Crippen LogP contribution in [0.25, 0.3) is 0 Å². The first-order valence-corrected chi connectivity index (χ1v) is 5.07. The molecule has 2 rings (SSSR count). The van der Waals surface area contributed by atoms with E-state index >= 15 is 0 Å². The highest BCUT2D eigenvalue weighted by molar-refractivity contribution is 5.56. The molecule has 0 atom stereocenters. The van der Waals surface area contributed by atoms with Gasteiger partial charge in [-0.25, -0.2) is 4.98 Å². The summed E-state index contributed by atoms with van der Waals surface area (Å²) in [7, 11) is 0. The van der Waals surface area contributed by atoms with Gasteiger partial charge in [0.05, 0.1) is 0 Å². The van der Waals surface area contributed by atoms with Gasteiger partial charge in [0.1, 0.15) is 19.0 Å². The fourth-order valence-electron chi connectivity index (χ4n) is 1.42. The molecule has 0 unspecified atom stereocenters. The Kier molecular flexibility index (Phi) is 2.62. The molecule has 0 amide bonds. The van der Waals surface area contributed by atoms with E-state index in [1.54, 1.807) is 0 Å². The van der Waals surface area contributed by atoms with E-state index in [1.165, 1.54) is 0 Å². The molecule has 1 aromatic heterocycles. The molecule has 2 heterocycles. The van der Waals surface area contributed by atoms with Crippen LogP contribution in [-0.4, -0.2) is 29.2 Å². The van der Waals surface area contributed by atoms with Crippen LogP contribution >= 0.6 is 0 Å². The van der Waals surface area contributed by atoms with E-state index in [1.807, 2.05) is 20.8 Å². The zero-order valence-electron chi connectivity index (χ0n) is 9.20. The molecule has 0 aromatic carbocycles. The van der Waals surface area contributed by atoms with Gasteiger partial charge >= 0.3 is 0 Å². The predicted octanol–water partition coefficient (Wildman–Crippen LogP) is 1.38. The Balaban J connectivity index is 2.38. The zero-order chi connectivity index (χ0) is 10.8. The monoisotopic (exact) mass is 209 g/mol. The van der Waals surface area contributed by atoms with Gasteiger partial charge in [-0.15, -0.1) is 0 Å². The summed E-state index contributed by atoms with van der Waals surface area (Å²) in [5.74, 6) is 2.56. The van der Waals surface area contributed by atoms with Gasteiger partial charge in [0.2, 0.25) is 5.75 Å². The van der Waals surface area contributed by atoms with Gasteiger partial charge in [-0.05, 0) is 20.8 Å². The molecule has 5 heteroatoms. The lowest BCUT2D eigenvalue weighted by atomic mass is 10.3. The highest BCUT2D eigenvalue weighted by Crippen LogP contribution is 2.34. The van der Waals surface area contributed by atoms with Crippen LogP contribution in [-0.2, 0) is 0 Å². The van der Waals surface area contributed by atoms with E-state index in [9.17, 15) is 0 Å². The first-order valence-electron chi connectivity index (χ1n) is 5.07. The summed E-state index contributed by atoms with van der Waals surface area (Å²) in [6.07, 6.45) is 0. The van der Waals surface area contributed by atoms with Crippen molar-refractivity contribution in [3.05, 3.63) is 5.82 Å². The number of nitrogens with one attached hydrogen (secondary N) is 1. The van der Waals surface area contributed by atoms with Crippen molar-refractivity contribution in [1.29, 1.82) is 0 Å². The SMILES string of the molecule is Cc1nc(NC(C)C)c2c(n1)OCCO2. The van der Waals surface area contributed by atoms with Crippen molar-refractivity contribution in [2.24, 2.45) is 0 Å². The second-order valence-corrected chi connectivity index (χ2v) is 3.75. The van der Waals surface area contributed by atoms with Crippen molar-refractivity contribution in [3.8, 4) is 11.6 Å². The Bertz CT molecular complexity index is 366. The number of aromatic nitrogens is 2. The second kappa shape index (κ2) is 3.92. The standard InChI is InChI=1S/C10H15N3O2/c1-6(2)11-9-8-10(13-7(3)12-9)15-5-4-14-8/h6H,4-5H2,1-3H3,(H,11,12,13). The first kappa shape index (κ1) is 10.0. The molecule has 0 spiro atoms. The summed E-state index contributed by atoms with van der Waals surface area (Å²) >= 11 is 0. The lowest BCUT2D eigenvalue weighted by molar-refractivity contribution is 0.164. The quantitative estimate of drug-likeness (QED) is 0.797. The lowest BCUT2D eigenvalue weighted by Gasteiger charge is -2.21. The van der Waals surface area contributed by atoms with Crippen LogP contribution in [0.1, 0.15) is 19.7 Å². The van der Waals surface area contributed by atoms with Crippen molar-refractivity contribution >= 4 is 5.82 Å². The Morgan fingerprint density at radius 1 is 1.20 bits per heavy atom. The normalized spacial score (nSPS) is 14.1. The Morgan fingerprint density at radius 2 is 1.93 bits per heavy atom. The van der Waals surface area contributed by atoms with E-state index in [4.69, 9.17) is 9.47 Å². The Hall–Kier alpha value is -1.52. The van der Waals surface area contributed by atoms with Gasteiger partial charge < -0.3 is 14.8 Å². The number of hydrogen-bond donors (Lipinski definition) is 1. The van der Waals surface area contributed by atoms with Gasteiger partial charge in [0.25, 0.3) is 5.88 Å². The molecule has 1 aliphatic rings. The van der Waals surface area contributed by atoms with Gasteiger partial charge in [0, 0.05) is 6.04 Å². The zero-order valence-corrected chi connectivity index (χ0v) is 9.20. The molecule has 1 N–H and O–H groups in total. The average molecular weight is 209 g/mol. The van der Waals surface area contributed by atoms with E-state index in [0.717, 1.165) is 0 Å². The molecule has 5 nitrogen and oxygen atoms in total. The van der Waals surface area contributed by atoms with E-state index in [0.29, 0.717) is 42.5 Å². The van der Waals surface area contributed by atoms with Crippen LogP contribution in [0.3, 0.4) is 0 Å². The molecule has 0 fully saturated rings. The maximum atomic E-state index is 5.50. The number of fused-ring (bicyclic) bond motifs is 1. The molecule has 0 saturated heterocycles. The second-order valence-electron chi connectivity index (χ2n) is 3.75. The molecular weight excluding hydrogens is 194 g/mol. The van der Waals surface area contributed by atoms with Gasteiger partial charge in [-0.1, -0.05) is 0 Å². The summed E-state index contributed by atoms with van der Waals surface area (Å²) in [4.78, 5) is 8.48. The summed E-state index contributed by atoms with van der Waals surface area (Å²) < 4.78 is 10.9. The van der Waals surface area contributed by atoms with Crippen LogP contribution in [0.15, 0.2) is 0 Å². The number of hydrogen-bond acceptors (Lipinski definition) is 5. The number of rotatable bonds is 2. The summed E-state index contributed by atoms with van der Waals surface area (Å²) in [6.45, 7) is 7.03. The van der Waals surface area contributed by atoms with Crippen molar-refractivity contribution in [3.63, 3.8) is 0 Å². The van der Waals surface area contributed by atoms with Gasteiger partial charge in [-0.2, -0.15) is 4.98 Å². The summed E-state index contributed by atoms with van der Waals surface area (Å²) in [5.41, 5.74) is 0. The molecule has 15 heavy (non-hydrogen) atoms. The molecule has 1 aromatic rings. The molecule has 82 valence electrons. The van der Waals surface area contributed by atoms with E-state index in [-0.39, 0.29) is 0 Å². The number of nitrogens with zero attached hydrogens (tertiary/aromatic N) is 2. The molecule has 0 radical (unpaired) electrons. The van der Waals surface area contributed by atoms with Crippen LogP contribution in [0.2, 0.25) is 0 Å². The summed E-state index contributed by atoms with van der Waals surface area (Å²) in [5, 5.41) is 3.22. The minimum absolute atomic E-state index is 0.300. The highest BCUT2D eigenvalue weighted by Gasteiger charge is 2.20. The fraction of sp³-hybridized carbons (Fsp3) is 0.600. The topological polar surface area (TPSA) is 56.3 Å². The lowest BCUT2D eigenvalue weighted by Crippen LogP contribution is -2.20. The minimum atomic E-state index is 0.300. The van der Waals surface area contributed by atoms with Crippen molar-refractivity contribution in [2.45, 2.75) is 26.8 Å². The summed E-state index contributed by atoms with van der Waals surface area (Å²) in [6, 6.07) is 0.300. The highest BCUT2D eigenvalue weighted by atomic mass is 16.6. The van der Waals surface area contributed by atoms with Crippen molar-refractivity contribution < 1.29 is 9.47 Å². The van der Waals surface area contributed by atoms with Gasteiger partial charge in [0.15, 0.2) is 5.82 Å². The third kappa shape index (κ3) is 2.11. The van der Waals surface area contributed by atoms with E-state index < -0.39 is 0 Å². The number of anilines is 1. The fourth-order valence-corrected chi connectivity index (χ4v) is 1.42. The smallest absolute Gasteiger partial charge is 0.262 e. The number of aryl methyl sites for hydroxylation is 1. The number of ether oxygens (including phenoxy) is 2.